The highest BCUT2D eigenvalue weighted by Gasteiger charge is 2.93. The molecule has 1 aromatic carbocycles. The Hall–Kier alpha value is -3.69. The number of hydrogen-bond donors (Lipinski definition) is 1. The summed E-state index contributed by atoms with van der Waals surface area (Å²) in [6, 6.07) is 5.05. The van der Waals surface area contributed by atoms with Gasteiger partial charge < -0.3 is 14.6 Å². The number of rotatable bonds is 9. The summed E-state index contributed by atoms with van der Waals surface area (Å²) in [4.78, 5) is 86.6. The Morgan fingerprint density at radius 3 is 2.29 bits per heavy atom. The van der Waals surface area contributed by atoms with Gasteiger partial charge in [0.05, 0.1) is 12.0 Å². The maximum absolute atomic E-state index is 12.8. The number of piperidine rings is 1. The van der Waals surface area contributed by atoms with E-state index in [-0.39, 0.29) is 24.1 Å². The first-order valence-electron chi connectivity index (χ1n) is 9.82. The van der Waals surface area contributed by atoms with E-state index in [1.54, 1.807) is 0 Å². The molecule has 2 aliphatic rings. The van der Waals surface area contributed by atoms with Gasteiger partial charge in [-0.25, -0.2) is 4.79 Å². The summed E-state index contributed by atoms with van der Waals surface area (Å²) in [6.07, 6.45) is -5.09. The van der Waals surface area contributed by atoms with E-state index in [1.807, 2.05) is 0 Å². The molecule has 0 radical (unpaired) electrons. The highest BCUT2D eigenvalue weighted by atomic mass is 32.2. The average molecular weight is 510 g/mol. The van der Waals surface area contributed by atoms with Crippen molar-refractivity contribution in [1.82, 2.24) is 5.06 Å². The van der Waals surface area contributed by atoms with Crippen LogP contribution < -0.4 is 0 Å². The molecular weight excluding hydrogens is 492 g/mol. The SMILES string of the molecule is CON1C(=O)C2(C(C)OC(=O)OCc3ccc([N+](=O)[O-])cc3)C(=O)C(=O)[C@@]12SC(=O)C(O)C(C)=O. The van der Waals surface area contributed by atoms with Crippen LogP contribution in [-0.2, 0) is 44.9 Å². The van der Waals surface area contributed by atoms with Gasteiger partial charge >= 0.3 is 6.16 Å². The van der Waals surface area contributed by atoms with Crippen LogP contribution in [0.2, 0.25) is 0 Å². The summed E-state index contributed by atoms with van der Waals surface area (Å²) in [6.45, 7) is 1.68. The molecule has 4 atom stereocenters. The summed E-state index contributed by atoms with van der Waals surface area (Å²) in [5.74, 6) is -4.47. The number of nitro groups is 1. The molecule has 15 heteroatoms. The minimum Gasteiger partial charge on any atom is -0.429 e. The zero-order valence-electron chi connectivity index (χ0n) is 18.4. The maximum atomic E-state index is 12.8. The molecule has 1 heterocycles. The lowest BCUT2D eigenvalue weighted by atomic mass is 9.52. The number of non-ortho nitro benzene ring substituents is 1. The lowest BCUT2D eigenvalue weighted by molar-refractivity contribution is -0.384. The molecule has 0 spiro atoms. The number of Topliss-reactive ketones (excluding diaryl/α,β-unsaturated/α-hetero) is 3. The number of nitro benzene ring substituents is 1. The molecule has 1 amide bonds. The maximum Gasteiger partial charge on any atom is 0.508 e. The molecule has 1 N–H and O–H groups in total. The third kappa shape index (κ3) is 3.67. The van der Waals surface area contributed by atoms with Crippen LogP contribution in [0.3, 0.4) is 0 Å². The number of hydroxylamine groups is 2. The van der Waals surface area contributed by atoms with Crippen LogP contribution in [-0.4, -0.2) is 73.8 Å². The van der Waals surface area contributed by atoms with Gasteiger partial charge in [0.1, 0.15) is 12.7 Å². The van der Waals surface area contributed by atoms with Crippen molar-refractivity contribution in [2.75, 3.05) is 7.11 Å². The molecule has 0 aromatic heterocycles. The number of ketones is 3. The first kappa shape index (κ1) is 25.9. The fraction of sp³-hybridized carbons (Fsp3) is 0.400. The summed E-state index contributed by atoms with van der Waals surface area (Å²) in [7, 11) is 0.996. The highest BCUT2D eigenvalue weighted by molar-refractivity contribution is 8.16. The second-order valence-corrected chi connectivity index (χ2v) is 8.75. The van der Waals surface area contributed by atoms with E-state index in [0.717, 1.165) is 21.0 Å². The van der Waals surface area contributed by atoms with E-state index >= 15 is 0 Å². The number of β-lactam (4-membered cyclic amide) rings is 1. The Kier molecular flexibility index (Phi) is 6.79. The van der Waals surface area contributed by atoms with E-state index in [1.165, 1.54) is 24.3 Å². The standard InChI is InChI=1S/C20H18N2O12S/c1-9(23)13(24)16(27)35-20-15(26)14(25)19(20,17(28)21(20)32-3)10(2)34-18(29)33-8-11-4-6-12(7-5-11)22(30)31/h4-7,10,13,24H,8H2,1-3H3/t10?,13?,19?,20-/m0/s1. The number of aliphatic hydroxyl groups is 1. The highest BCUT2D eigenvalue weighted by Crippen LogP contribution is 2.66. The van der Waals surface area contributed by atoms with E-state index < -0.39 is 61.9 Å². The number of hydrogen-bond acceptors (Lipinski definition) is 13. The zero-order chi connectivity index (χ0) is 26.3. The number of nitrogens with zero attached hydrogens (tertiary/aromatic N) is 2. The van der Waals surface area contributed by atoms with Gasteiger partial charge in [0, 0.05) is 12.1 Å². The van der Waals surface area contributed by atoms with Gasteiger partial charge in [-0.2, -0.15) is 5.06 Å². The monoisotopic (exact) mass is 510 g/mol. The molecule has 0 bridgehead atoms. The van der Waals surface area contributed by atoms with Crippen molar-refractivity contribution in [3.8, 4) is 0 Å². The molecular formula is C20H18N2O12S. The lowest BCUT2D eigenvalue weighted by Gasteiger charge is -2.66. The quantitative estimate of drug-likeness (QED) is 0.117. The number of carbonyl (C=O) groups excluding carboxylic acids is 6. The Bertz CT molecular complexity index is 1150. The molecule has 1 saturated heterocycles. The van der Waals surface area contributed by atoms with Gasteiger partial charge in [0.25, 0.3) is 11.6 Å². The zero-order valence-corrected chi connectivity index (χ0v) is 19.2. The second kappa shape index (κ2) is 9.16. The first-order chi connectivity index (χ1) is 16.4. The summed E-state index contributed by atoms with van der Waals surface area (Å²) < 4.78 is 9.97. The summed E-state index contributed by atoms with van der Waals surface area (Å²) in [5, 5.41) is 19.7. The minimum absolute atomic E-state index is 0.0493. The molecule has 3 unspecified atom stereocenters. The largest absolute Gasteiger partial charge is 0.508 e. The van der Waals surface area contributed by atoms with Crippen LogP contribution in [0.15, 0.2) is 24.3 Å². The first-order valence-corrected chi connectivity index (χ1v) is 10.6. The topological polar surface area (TPSA) is 197 Å². The van der Waals surface area contributed by atoms with Crippen LogP contribution in [0.5, 0.6) is 0 Å². The van der Waals surface area contributed by atoms with Crippen molar-refractivity contribution in [2.45, 2.75) is 37.5 Å². The lowest BCUT2D eigenvalue weighted by Crippen LogP contribution is -2.94. The fourth-order valence-electron chi connectivity index (χ4n) is 3.85. The van der Waals surface area contributed by atoms with Crippen LogP contribution in [0, 0.1) is 15.5 Å². The van der Waals surface area contributed by atoms with E-state index in [4.69, 9.17) is 14.3 Å². The molecule has 1 aliphatic carbocycles. The Morgan fingerprint density at radius 1 is 1.17 bits per heavy atom. The third-order valence-corrected chi connectivity index (χ3v) is 7.03. The van der Waals surface area contributed by atoms with E-state index in [9.17, 15) is 44.0 Å². The van der Waals surface area contributed by atoms with Crippen molar-refractivity contribution in [2.24, 2.45) is 5.41 Å². The number of thioether (sulfide) groups is 1. The van der Waals surface area contributed by atoms with Gasteiger partial charge in [-0.05, 0) is 43.3 Å². The van der Waals surface area contributed by atoms with E-state index in [2.05, 4.69) is 0 Å². The number of fused-ring (bicyclic) bond motifs is 1. The molecule has 1 aromatic rings. The van der Waals surface area contributed by atoms with Gasteiger partial charge in [-0.3, -0.25) is 38.9 Å². The average Bonchev–Trinajstić information content (AvgIpc) is 2.81. The van der Waals surface area contributed by atoms with Crippen LogP contribution in [0.4, 0.5) is 10.5 Å². The van der Waals surface area contributed by atoms with Gasteiger partial charge in [0.15, 0.2) is 17.3 Å². The van der Waals surface area contributed by atoms with Crippen LogP contribution in [0.1, 0.15) is 19.4 Å². The Balaban J connectivity index is 1.78. The van der Waals surface area contributed by atoms with Gasteiger partial charge in [-0.1, -0.05) is 0 Å². The van der Waals surface area contributed by atoms with Crippen LogP contribution in [0.25, 0.3) is 0 Å². The predicted octanol–water partition coefficient (Wildman–Crippen LogP) is 0.0843. The van der Waals surface area contributed by atoms with Crippen molar-refractivity contribution < 1.29 is 53.1 Å². The number of benzene rings is 1. The van der Waals surface area contributed by atoms with Crippen molar-refractivity contribution >= 4 is 52.0 Å². The molecule has 1 saturated carbocycles. The Labute approximate surface area is 200 Å². The molecule has 2 fully saturated rings. The predicted molar refractivity (Wildman–Crippen MR) is 112 cm³/mol. The minimum atomic E-state index is -2.34. The summed E-state index contributed by atoms with van der Waals surface area (Å²) in [5.41, 5.74) is -2.16. The van der Waals surface area contributed by atoms with Crippen molar-refractivity contribution in [3.05, 3.63) is 39.9 Å². The van der Waals surface area contributed by atoms with Crippen molar-refractivity contribution in [3.63, 3.8) is 0 Å². The number of carbonyl (C=O) groups is 6. The molecule has 1 aliphatic heterocycles. The number of amides is 1. The third-order valence-electron chi connectivity index (χ3n) is 5.64. The smallest absolute Gasteiger partial charge is 0.429 e. The molecule has 186 valence electrons. The molecule has 3 rings (SSSR count). The number of aliphatic hydroxyl groups excluding tert-OH is 1. The summed E-state index contributed by atoms with van der Waals surface area (Å²) >= 11 is 0.0493. The Morgan fingerprint density at radius 2 is 1.77 bits per heavy atom. The molecule has 35 heavy (non-hydrogen) atoms. The van der Waals surface area contributed by atoms with E-state index in [0.29, 0.717) is 10.6 Å². The normalized spacial score (nSPS) is 24.5. The fourth-order valence-corrected chi connectivity index (χ4v) is 5.35. The van der Waals surface area contributed by atoms with Gasteiger partial charge in [-0.15, -0.1) is 0 Å². The molecule has 14 nitrogen and oxygen atoms in total. The van der Waals surface area contributed by atoms with Gasteiger partial charge in [0.2, 0.25) is 21.6 Å². The number of ether oxygens (including phenoxy) is 2. The second-order valence-electron chi connectivity index (χ2n) is 7.55. The van der Waals surface area contributed by atoms with Crippen LogP contribution >= 0.6 is 11.8 Å². The van der Waals surface area contributed by atoms with Crippen molar-refractivity contribution in [1.29, 1.82) is 0 Å².